The largest absolute Gasteiger partial charge is 0.454 e. The SMILES string of the molecule is Cc1ccc(C(C)(C)c2ccc(Oc3cc(-n4nccn4)ncc3F)cc2)cc1. The van der Waals surface area contributed by atoms with E-state index in [1.54, 1.807) is 0 Å². The minimum atomic E-state index is -0.551. The number of pyridine rings is 1. The summed E-state index contributed by atoms with van der Waals surface area (Å²) in [4.78, 5) is 5.30. The molecule has 0 aliphatic carbocycles. The van der Waals surface area contributed by atoms with Gasteiger partial charge in [-0.25, -0.2) is 9.37 Å². The standard InChI is InChI=1S/C23H21FN4O/c1-16-4-6-17(7-5-16)23(2,3)18-8-10-19(11-9-18)29-21-14-22(25-15-20(21)24)28-26-12-13-27-28/h4-15H,1-3H3. The summed E-state index contributed by atoms with van der Waals surface area (Å²) in [7, 11) is 0. The van der Waals surface area contributed by atoms with Gasteiger partial charge in [0.05, 0.1) is 18.6 Å². The van der Waals surface area contributed by atoms with E-state index < -0.39 is 5.82 Å². The topological polar surface area (TPSA) is 52.8 Å². The van der Waals surface area contributed by atoms with E-state index in [4.69, 9.17) is 4.74 Å². The molecule has 0 aliphatic heterocycles. The third-order valence-corrected chi connectivity index (χ3v) is 5.01. The van der Waals surface area contributed by atoms with Crippen LogP contribution in [0.4, 0.5) is 4.39 Å². The number of benzene rings is 2. The van der Waals surface area contributed by atoms with Gasteiger partial charge in [-0.05, 0) is 30.2 Å². The summed E-state index contributed by atoms with van der Waals surface area (Å²) in [5.74, 6) is 0.435. The van der Waals surface area contributed by atoms with Crippen molar-refractivity contribution in [1.82, 2.24) is 20.0 Å². The highest BCUT2D eigenvalue weighted by Gasteiger charge is 2.23. The van der Waals surface area contributed by atoms with Gasteiger partial charge in [-0.1, -0.05) is 55.8 Å². The van der Waals surface area contributed by atoms with Gasteiger partial charge in [-0.3, -0.25) is 0 Å². The second kappa shape index (κ2) is 7.47. The van der Waals surface area contributed by atoms with Crippen LogP contribution in [-0.2, 0) is 5.41 Å². The second-order valence-electron chi connectivity index (χ2n) is 7.41. The first-order chi connectivity index (χ1) is 13.9. The zero-order valence-corrected chi connectivity index (χ0v) is 16.5. The van der Waals surface area contributed by atoms with Gasteiger partial charge in [0, 0.05) is 11.5 Å². The molecule has 2 heterocycles. The normalized spacial score (nSPS) is 11.4. The molecule has 0 spiro atoms. The van der Waals surface area contributed by atoms with Crippen molar-refractivity contribution in [2.45, 2.75) is 26.2 Å². The number of aryl methyl sites for hydroxylation is 1. The fraction of sp³-hybridized carbons (Fsp3) is 0.174. The maximum Gasteiger partial charge on any atom is 0.184 e. The van der Waals surface area contributed by atoms with Crippen molar-refractivity contribution in [1.29, 1.82) is 0 Å². The van der Waals surface area contributed by atoms with Crippen LogP contribution in [0.1, 0.15) is 30.5 Å². The number of nitrogens with zero attached hydrogens (tertiary/aromatic N) is 4. The fourth-order valence-electron chi connectivity index (χ4n) is 3.14. The van der Waals surface area contributed by atoms with Crippen LogP contribution in [0.15, 0.2) is 73.2 Å². The zero-order valence-electron chi connectivity index (χ0n) is 16.5. The highest BCUT2D eigenvalue weighted by molar-refractivity contribution is 5.42. The van der Waals surface area contributed by atoms with Crippen molar-refractivity contribution >= 4 is 0 Å². The van der Waals surface area contributed by atoms with Crippen LogP contribution in [0.25, 0.3) is 5.82 Å². The lowest BCUT2D eigenvalue weighted by molar-refractivity contribution is 0.438. The first-order valence-electron chi connectivity index (χ1n) is 9.31. The molecule has 6 heteroatoms. The van der Waals surface area contributed by atoms with Crippen LogP contribution in [0.2, 0.25) is 0 Å². The lowest BCUT2D eigenvalue weighted by Gasteiger charge is -2.26. The molecule has 0 amide bonds. The van der Waals surface area contributed by atoms with Crippen LogP contribution in [0.3, 0.4) is 0 Å². The third-order valence-electron chi connectivity index (χ3n) is 5.01. The van der Waals surface area contributed by atoms with E-state index in [0.717, 1.165) is 11.8 Å². The molecule has 0 radical (unpaired) electrons. The summed E-state index contributed by atoms with van der Waals surface area (Å²) in [6.45, 7) is 6.44. The maximum absolute atomic E-state index is 14.2. The molecule has 0 saturated heterocycles. The van der Waals surface area contributed by atoms with Gasteiger partial charge in [-0.2, -0.15) is 10.2 Å². The summed E-state index contributed by atoms with van der Waals surface area (Å²) in [5, 5.41) is 8.00. The first-order valence-corrected chi connectivity index (χ1v) is 9.31. The van der Waals surface area contributed by atoms with Crippen LogP contribution in [0.5, 0.6) is 11.5 Å². The van der Waals surface area contributed by atoms with Gasteiger partial charge >= 0.3 is 0 Å². The Balaban J connectivity index is 1.57. The molecule has 29 heavy (non-hydrogen) atoms. The van der Waals surface area contributed by atoms with E-state index in [1.165, 1.54) is 34.4 Å². The molecule has 5 nitrogen and oxygen atoms in total. The molecule has 0 atom stereocenters. The number of rotatable bonds is 5. The molecule has 2 aromatic carbocycles. The van der Waals surface area contributed by atoms with Gasteiger partial charge in [-0.15, -0.1) is 4.80 Å². The molecule has 2 aromatic heterocycles. The number of hydrogen-bond donors (Lipinski definition) is 0. The van der Waals surface area contributed by atoms with Crippen LogP contribution in [0, 0.1) is 12.7 Å². The number of ether oxygens (including phenoxy) is 1. The monoisotopic (exact) mass is 388 g/mol. The summed E-state index contributed by atoms with van der Waals surface area (Å²) < 4.78 is 19.9. The van der Waals surface area contributed by atoms with E-state index in [-0.39, 0.29) is 11.2 Å². The molecule has 0 saturated carbocycles. The molecule has 0 fully saturated rings. The molecule has 4 rings (SSSR count). The minimum absolute atomic E-state index is 0.0674. The quantitative estimate of drug-likeness (QED) is 0.470. The van der Waals surface area contributed by atoms with E-state index in [2.05, 4.69) is 60.2 Å². The van der Waals surface area contributed by atoms with E-state index >= 15 is 0 Å². The van der Waals surface area contributed by atoms with Gasteiger partial charge in [0.1, 0.15) is 5.75 Å². The highest BCUT2D eigenvalue weighted by atomic mass is 19.1. The molecule has 146 valence electrons. The Morgan fingerprint density at radius 2 is 1.48 bits per heavy atom. The lowest BCUT2D eigenvalue weighted by Crippen LogP contribution is -2.18. The number of aromatic nitrogens is 4. The molecule has 0 N–H and O–H groups in total. The van der Waals surface area contributed by atoms with Crippen molar-refractivity contribution in [3.63, 3.8) is 0 Å². The predicted molar refractivity (Wildman–Crippen MR) is 109 cm³/mol. The molecular weight excluding hydrogens is 367 g/mol. The maximum atomic E-state index is 14.2. The average molecular weight is 388 g/mol. The molecule has 0 bridgehead atoms. The zero-order chi connectivity index (χ0) is 20.4. The minimum Gasteiger partial charge on any atom is -0.454 e. The van der Waals surface area contributed by atoms with Crippen LogP contribution < -0.4 is 4.74 Å². The molecule has 0 unspecified atom stereocenters. The van der Waals surface area contributed by atoms with Gasteiger partial charge in [0.15, 0.2) is 17.4 Å². The summed E-state index contributed by atoms with van der Waals surface area (Å²) in [6.07, 6.45) is 4.16. The van der Waals surface area contributed by atoms with Gasteiger partial charge in [0.2, 0.25) is 0 Å². The van der Waals surface area contributed by atoms with E-state index in [9.17, 15) is 4.39 Å². The van der Waals surface area contributed by atoms with E-state index in [1.807, 2.05) is 24.3 Å². The number of halogens is 1. The Hall–Kier alpha value is -3.54. The lowest BCUT2D eigenvalue weighted by atomic mass is 9.78. The van der Waals surface area contributed by atoms with Crippen molar-refractivity contribution in [3.05, 3.63) is 95.7 Å². The van der Waals surface area contributed by atoms with E-state index in [0.29, 0.717) is 11.6 Å². The summed E-state index contributed by atoms with van der Waals surface area (Å²) in [5.41, 5.74) is 3.45. The van der Waals surface area contributed by atoms with Gasteiger partial charge < -0.3 is 4.74 Å². The Morgan fingerprint density at radius 1 is 0.897 bits per heavy atom. The first kappa shape index (κ1) is 18.8. The summed E-state index contributed by atoms with van der Waals surface area (Å²) >= 11 is 0. The molecule has 0 aliphatic rings. The Kier molecular flexibility index (Phi) is 4.84. The summed E-state index contributed by atoms with van der Waals surface area (Å²) in [6, 6.07) is 17.7. The van der Waals surface area contributed by atoms with Crippen LogP contribution >= 0.6 is 0 Å². The number of hydrogen-bond acceptors (Lipinski definition) is 4. The Morgan fingerprint density at radius 3 is 2.10 bits per heavy atom. The van der Waals surface area contributed by atoms with Crippen LogP contribution in [-0.4, -0.2) is 20.0 Å². The Labute approximate surface area is 168 Å². The Bertz CT molecular complexity index is 1100. The molecule has 4 aromatic rings. The van der Waals surface area contributed by atoms with Crippen molar-refractivity contribution in [2.75, 3.05) is 0 Å². The smallest absolute Gasteiger partial charge is 0.184 e. The van der Waals surface area contributed by atoms with Crippen molar-refractivity contribution < 1.29 is 9.13 Å². The predicted octanol–water partition coefficient (Wildman–Crippen LogP) is 5.23. The average Bonchev–Trinajstić information content (AvgIpc) is 3.25. The second-order valence-corrected chi connectivity index (χ2v) is 7.41. The van der Waals surface area contributed by atoms with Gasteiger partial charge in [0.25, 0.3) is 0 Å². The van der Waals surface area contributed by atoms with Crippen molar-refractivity contribution in [2.24, 2.45) is 0 Å². The highest BCUT2D eigenvalue weighted by Crippen LogP contribution is 2.33. The molecular formula is C23H21FN4O. The van der Waals surface area contributed by atoms with Crippen molar-refractivity contribution in [3.8, 4) is 17.3 Å². The third kappa shape index (κ3) is 3.87. The fourth-order valence-corrected chi connectivity index (χ4v) is 3.14.